The number of H-pyrrole nitrogens is 2. The number of piperazine rings is 2. The summed E-state index contributed by atoms with van der Waals surface area (Å²) in [6.45, 7) is 12.1. The van der Waals surface area contributed by atoms with Crippen LogP contribution < -0.4 is 0 Å². The van der Waals surface area contributed by atoms with E-state index in [1.54, 1.807) is 0 Å². The van der Waals surface area contributed by atoms with Crippen LogP contribution in [0.15, 0.2) is 146 Å². The van der Waals surface area contributed by atoms with Crippen LogP contribution in [0.5, 0.6) is 0 Å². The first-order valence-corrected chi connectivity index (χ1v) is 28.2. The quantitative estimate of drug-likeness (QED) is 0.119. The van der Waals surface area contributed by atoms with Gasteiger partial charge in [0.1, 0.15) is 35.1 Å². The Labute approximate surface area is 476 Å². The van der Waals surface area contributed by atoms with Crippen molar-refractivity contribution in [2.75, 3.05) is 53.4 Å². The second-order valence-corrected chi connectivity index (χ2v) is 22.3. The first-order valence-electron chi connectivity index (χ1n) is 28.2. The maximum Gasteiger partial charge on any atom is 0.322 e. The summed E-state index contributed by atoms with van der Waals surface area (Å²) < 4.78 is 3.98. The summed E-state index contributed by atoms with van der Waals surface area (Å²) in [5, 5.41) is 10.1. The Morgan fingerprint density at radius 1 is 0.512 bits per heavy atom. The molecule has 2 fully saturated rings. The predicted molar refractivity (Wildman–Crippen MR) is 313 cm³/mol. The number of likely N-dealkylation sites (N-methyl/N-ethyl adjacent to an activating group) is 2. The highest BCUT2D eigenvalue weighted by molar-refractivity contribution is 5.82. The third-order valence-corrected chi connectivity index (χ3v) is 16.4. The molecule has 19 nitrogen and oxygen atoms in total. The normalized spacial score (nSPS) is 17.9. The molecular weight excluding hydrogens is 1020 g/mol. The molecule has 0 bridgehead atoms. The molecule has 2 N–H and O–H groups in total. The number of aryl methyl sites for hydroxylation is 2. The molecule has 0 radical (unpaired) electrons. The van der Waals surface area contributed by atoms with E-state index >= 15 is 4.79 Å². The Balaban J connectivity index is 0.671. The molecule has 2 unspecified atom stereocenters. The molecule has 10 aromatic rings. The van der Waals surface area contributed by atoms with E-state index < -0.39 is 0 Å². The number of pyridine rings is 4. The number of fused-ring (bicyclic) bond motifs is 2. The zero-order valence-electron chi connectivity index (χ0n) is 46.6. The highest BCUT2D eigenvalue weighted by Crippen LogP contribution is 2.37. The number of urea groups is 1. The summed E-state index contributed by atoms with van der Waals surface area (Å²) in [5.74, 6) is 1.45. The van der Waals surface area contributed by atoms with Crippen molar-refractivity contribution in [1.29, 1.82) is 0 Å². The lowest BCUT2D eigenvalue weighted by Gasteiger charge is -2.50. The fraction of sp³-hybridized carbons (Fsp3) is 0.286. The number of benzene rings is 2. The van der Waals surface area contributed by atoms with Gasteiger partial charge in [0.15, 0.2) is 11.6 Å². The van der Waals surface area contributed by atoms with Gasteiger partial charge in [-0.1, -0.05) is 72.8 Å². The number of amides is 2. The van der Waals surface area contributed by atoms with Crippen molar-refractivity contribution >= 4 is 6.03 Å². The summed E-state index contributed by atoms with van der Waals surface area (Å²) >= 11 is 0. The SMILES string of the molecule is Cc1cccc(-c2nn(Cc3ccccc3)cc2-c2ccnc(-c3nc4c([nH]3)CN(C3CN(C)CCN3C(=O)N3CCN(C)CC3N3Cc5nc(-c6cc(-c7cn(Cc8ccccc8)nc7-c7cccc(C)n7)ccn6)[nH]c5C3)C4)c2)n1. The van der Waals surface area contributed by atoms with Gasteiger partial charge in [0.05, 0.1) is 47.3 Å². The smallest absolute Gasteiger partial charge is 0.322 e. The summed E-state index contributed by atoms with van der Waals surface area (Å²) in [7, 11) is 4.30. The van der Waals surface area contributed by atoms with E-state index in [-0.39, 0.29) is 18.4 Å². The van der Waals surface area contributed by atoms with Crippen LogP contribution in [-0.2, 0) is 39.3 Å². The van der Waals surface area contributed by atoms with Crippen LogP contribution in [0.1, 0.15) is 45.3 Å². The maximum atomic E-state index is 15.2. The molecule has 0 aliphatic carbocycles. The minimum absolute atomic E-state index is 0.0753. The van der Waals surface area contributed by atoms with Crippen molar-refractivity contribution in [3.63, 3.8) is 0 Å². The Morgan fingerprint density at radius 2 is 0.963 bits per heavy atom. The third kappa shape index (κ3) is 10.2. The standard InChI is InChI=1S/C63H64N18O/c1-41-13-11-19-49(66-41)59-47(33-78(72-59)31-43-15-7-5-8-16-43)45-21-23-64-51(29-45)61-68-53-35-76(36-54(53)69-61)57-39-74(3)25-27-80(57)63(82)81-28-26-75(4)40-58(81)77-37-55-56(38-77)71-62(70-55)52-30-46(22-24-65-52)48-34-79(32-44-17-9-6-10-18-44)73-60(48)50-20-12-14-42(2)67-50/h5-24,29-30,33-34,57-58H,25-28,31-32,35-40H2,1-4H3,(H,68,69)(H,70,71). The molecule has 14 rings (SSSR count). The van der Waals surface area contributed by atoms with Gasteiger partial charge in [-0.25, -0.2) is 14.8 Å². The van der Waals surface area contributed by atoms with Crippen molar-refractivity contribution in [2.45, 2.75) is 65.4 Å². The summed E-state index contributed by atoms with van der Waals surface area (Å²) in [5.41, 5.74) is 17.0. The molecule has 2 amide bonds. The first kappa shape index (κ1) is 51.2. The van der Waals surface area contributed by atoms with Crippen LogP contribution in [0, 0.1) is 13.8 Å². The number of nitrogens with one attached hydrogen (secondary N) is 2. The Morgan fingerprint density at radius 3 is 1.39 bits per heavy atom. The monoisotopic (exact) mass is 1090 g/mol. The van der Waals surface area contributed by atoms with Gasteiger partial charge in [-0.05, 0) is 98.7 Å². The maximum absolute atomic E-state index is 15.2. The average molecular weight is 1090 g/mol. The van der Waals surface area contributed by atoms with E-state index in [4.69, 9.17) is 40.1 Å². The van der Waals surface area contributed by atoms with Gasteiger partial charge in [0.25, 0.3) is 0 Å². The van der Waals surface area contributed by atoms with E-state index in [1.165, 1.54) is 11.1 Å². The van der Waals surface area contributed by atoms with E-state index in [2.05, 4.69) is 127 Å². The molecule has 0 spiro atoms. The summed E-state index contributed by atoms with van der Waals surface area (Å²) in [4.78, 5) is 66.0. The first-order chi connectivity index (χ1) is 40.1. The van der Waals surface area contributed by atoms with Crippen molar-refractivity contribution in [2.24, 2.45) is 0 Å². The van der Waals surface area contributed by atoms with Gasteiger partial charge in [-0.2, -0.15) is 10.2 Å². The molecule has 12 heterocycles. The fourth-order valence-electron chi connectivity index (χ4n) is 12.2. The van der Waals surface area contributed by atoms with Gasteiger partial charge < -0.3 is 29.6 Å². The Kier molecular flexibility index (Phi) is 13.4. The van der Waals surface area contributed by atoms with E-state index in [1.807, 2.05) is 96.3 Å². The predicted octanol–water partition coefficient (Wildman–Crippen LogP) is 8.42. The van der Waals surface area contributed by atoms with Crippen LogP contribution in [0.2, 0.25) is 0 Å². The van der Waals surface area contributed by atoms with E-state index in [0.29, 0.717) is 52.4 Å². The highest BCUT2D eigenvalue weighted by Gasteiger charge is 2.44. The Bertz CT molecular complexity index is 3660. The topological polar surface area (TPSA) is 181 Å². The van der Waals surface area contributed by atoms with Crippen molar-refractivity contribution in [3.05, 3.63) is 191 Å². The molecule has 0 saturated carbocycles. The van der Waals surface area contributed by atoms with E-state index in [0.717, 1.165) is 128 Å². The largest absolute Gasteiger partial charge is 0.339 e. The number of carbonyl (C=O) groups is 1. The number of hydrogen-bond donors (Lipinski definition) is 2. The minimum Gasteiger partial charge on any atom is -0.339 e. The number of rotatable bonds is 12. The zero-order chi connectivity index (χ0) is 55.4. The van der Waals surface area contributed by atoms with Crippen LogP contribution in [-0.4, -0.2) is 161 Å². The average Bonchev–Trinajstić information content (AvgIpc) is 4.57. The molecule has 19 heteroatoms. The van der Waals surface area contributed by atoms with Gasteiger partial charge in [-0.3, -0.25) is 39.1 Å². The lowest BCUT2D eigenvalue weighted by atomic mass is 10.0. The van der Waals surface area contributed by atoms with Gasteiger partial charge in [0, 0.05) is 113 Å². The third-order valence-electron chi connectivity index (χ3n) is 16.4. The minimum atomic E-state index is -0.138. The second-order valence-electron chi connectivity index (χ2n) is 22.3. The van der Waals surface area contributed by atoms with Crippen LogP contribution in [0.3, 0.4) is 0 Å². The number of aromatic amines is 2. The lowest BCUT2D eigenvalue weighted by molar-refractivity contribution is -0.0377. The molecule has 8 aromatic heterocycles. The summed E-state index contributed by atoms with van der Waals surface area (Å²) in [6.07, 6.45) is 7.61. The second kappa shape index (κ2) is 21.5. The van der Waals surface area contributed by atoms with Crippen LogP contribution in [0.4, 0.5) is 4.79 Å². The van der Waals surface area contributed by atoms with Gasteiger partial charge in [0.2, 0.25) is 0 Å². The molecule has 4 aliphatic heterocycles. The lowest BCUT2D eigenvalue weighted by Crippen LogP contribution is -2.67. The molecule has 2 saturated heterocycles. The number of imidazole rings is 2. The molecule has 2 atom stereocenters. The highest BCUT2D eigenvalue weighted by atomic mass is 16.2. The molecule has 82 heavy (non-hydrogen) atoms. The molecule has 2 aromatic carbocycles. The Hall–Kier alpha value is -9.01. The van der Waals surface area contributed by atoms with Crippen molar-refractivity contribution in [3.8, 4) is 68.1 Å². The zero-order valence-corrected chi connectivity index (χ0v) is 46.6. The molecule has 4 aliphatic rings. The summed E-state index contributed by atoms with van der Waals surface area (Å²) in [6, 6.07) is 41.1. The van der Waals surface area contributed by atoms with E-state index in [9.17, 15) is 0 Å². The molecular formula is C63H64N18O. The number of aromatic nitrogens is 12. The number of nitrogens with zero attached hydrogens (tertiary/aromatic N) is 16. The van der Waals surface area contributed by atoms with Crippen molar-refractivity contribution < 1.29 is 4.79 Å². The number of hydrogen-bond acceptors (Lipinski definition) is 13. The van der Waals surface area contributed by atoms with Crippen LogP contribution >= 0.6 is 0 Å². The van der Waals surface area contributed by atoms with Crippen LogP contribution in [0.25, 0.3) is 68.1 Å². The molecule has 412 valence electrons. The number of carbonyl (C=O) groups excluding carboxylic acids is 1. The van der Waals surface area contributed by atoms with Gasteiger partial charge in [-0.15, -0.1) is 0 Å². The fourth-order valence-corrected chi connectivity index (χ4v) is 12.2. The van der Waals surface area contributed by atoms with Crippen molar-refractivity contribution in [1.82, 2.24) is 88.8 Å². The van der Waals surface area contributed by atoms with Gasteiger partial charge >= 0.3 is 6.03 Å².